The lowest BCUT2D eigenvalue weighted by molar-refractivity contribution is -0.128. The van der Waals surface area contributed by atoms with Crippen molar-refractivity contribution in [2.24, 2.45) is 5.92 Å². The third kappa shape index (κ3) is 4.07. The number of rotatable bonds is 6. The molecule has 1 atom stereocenters. The Labute approximate surface area is 140 Å². The number of aryl methyl sites for hydroxylation is 3. The van der Waals surface area contributed by atoms with Crippen LogP contribution in [0, 0.1) is 38.0 Å². The Morgan fingerprint density at radius 3 is 2.67 bits per heavy atom. The van der Waals surface area contributed by atoms with Crippen LogP contribution in [0.4, 0.5) is 5.69 Å². The molecule has 0 radical (unpaired) electrons. The lowest BCUT2D eigenvalue weighted by Crippen LogP contribution is -2.28. The van der Waals surface area contributed by atoms with E-state index in [1.54, 1.807) is 38.1 Å². The molecule has 1 heterocycles. The van der Waals surface area contributed by atoms with Crippen LogP contribution >= 0.6 is 0 Å². The van der Waals surface area contributed by atoms with Gasteiger partial charge in [-0.1, -0.05) is 17.3 Å². The molecule has 6 heteroatoms. The van der Waals surface area contributed by atoms with Gasteiger partial charge in [-0.25, -0.2) is 0 Å². The van der Waals surface area contributed by atoms with Crippen LogP contribution in [0.1, 0.15) is 29.0 Å². The SMILES string of the molecule is Cc1cccc(NC(=O)C(C#N)C(=O)CCc2c(C)noc2C)c1. The van der Waals surface area contributed by atoms with Crippen molar-refractivity contribution < 1.29 is 14.1 Å². The molecule has 0 spiro atoms. The molecular weight excluding hydrogens is 306 g/mol. The molecule has 6 nitrogen and oxygen atoms in total. The molecule has 0 saturated heterocycles. The molecule has 24 heavy (non-hydrogen) atoms. The molecule has 1 aromatic carbocycles. The van der Waals surface area contributed by atoms with Gasteiger partial charge in [-0.3, -0.25) is 9.59 Å². The molecule has 1 aromatic heterocycles. The minimum Gasteiger partial charge on any atom is -0.361 e. The predicted octanol–water partition coefficient (Wildman–Crippen LogP) is 2.88. The molecule has 0 bridgehead atoms. The Morgan fingerprint density at radius 1 is 1.33 bits per heavy atom. The van der Waals surface area contributed by atoms with Crippen molar-refractivity contribution in [3.05, 3.63) is 46.8 Å². The third-order valence-corrected chi connectivity index (χ3v) is 3.80. The van der Waals surface area contributed by atoms with Crippen molar-refractivity contribution in [3.63, 3.8) is 0 Å². The number of carbonyl (C=O) groups excluding carboxylic acids is 2. The number of anilines is 1. The first kappa shape index (κ1) is 17.4. The number of aromatic nitrogens is 1. The van der Waals surface area contributed by atoms with Crippen molar-refractivity contribution in [1.29, 1.82) is 5.26 Å². The van der Waals surface area contributed by atoms with Crippen LogP contribution in [0.25, 0.3) is 0 Å². The fourth-order valence-corrected chi connectivity index (χ4v) is 2.47. The number of carbonyl (C=O) groups is 2. The zero-order chi connectivity index (χ0) is 17.7. The third-order valence-electron chi connectivity index (χ3n) is 3.80. The van der Waals surface area contributed by atoms with Gasteiger partial charge in [0.15, 0.2) is 11.7 Å². The van der Waals surface area contributed by atoms with Crippen LogP contribution in [0.2, 0.25) is 0 Å². The molecule has 1 amide bonds. The standard InChI is InChI=1S/C18H19N3O3/c1-11-5-4-6-14(9-11)20-18(23)16(10-19)17(22)8-7-15-12(2)21-24-13(15)3/h4-6,9,16H,7-8H2,1-3H3,(H,20,23). The van der Waals surface area contributed by atoms with E-state index in [-0.39, 0.29) is 6.42 Å². The molecule has 2 aromatic rings. The van der Waals surface area contributed by atoms with Crippen LogP contribution in [0.3, 0.4) is 0 Å². The van der Waals surface area contributed by atoms with E-state index >= 15 is 0 Å². The second-order valence-corrected chi connectivity index (χ2v) is 5.69. The maximum absolute atomic E-state index is 12.3. The molecule has 1 N–H and O–H groups in total. The topological polar surface area (TPSA) is 96.0 Å². The van der Waals surface area contributed by atoms with Gasteiger partial charge in [-0.2, -0.15) is 5.26 Å². The summed E-state index contributed by atoms with van der Waals surface area (Å²) < 4.78 is 5.05. The minimum atomic E-state index is -1.33. The monoisotopic (exact) mass is 325 g/mol. The number of ketones is 1. The molecule has 0 aliphatic rings. The second kappa shape index (κ2) is 7.55. The van der Waals surface area contributed by atoms with Gasteiger partial charge < -0.3 is 9.84 Å². The van der Waals surface area contributed by atoms with Crippen molar-refractivity contribution in [1.82, 2.24) is 5.16 Å². The summed E-state index contributed by atoms with van der Waals surface area (Å²) in [4.78, 5) is 24.5. The van der Waals surface area contributed by atoms with E-state index in [0.717, 1.165) is 16.8 Å². The predicted molar refractivity (Wildman–Crippen MR) is 88.2 cm³/mol. The maximum atomic E-state index is 12.3. The van der Waals surface area contributed by atoms with Gasteiger partial charge >= 0.3 is 0 Å². The highest BCUT2D eigenvalue weighted by atomic mass is 16.5. The van der Waals surface area contributed by atoms with E-state index in [4.69, 9.17) is 4.52 Å². The van der Waals surface area contributed by atoms with Crippen molar-refractivity contribution in [3.8, 4) is 6.07 Å². The van der Waals surface area contributed by atoms with E-state index in [1.165, 1.54) is 0 Å². The number of Topliss-reactive ketones (excluding diaryl/α,β-unsaturated/α-hetero) is 1. The van der Waals surface area contributed by atoms with E-state index < -0.39 is 17.6 Å². The van der Waals surface area contributed by atoms with Crippen molar-refractivity contribution in [2.75, 3.05) is 5.32 Å². The number of benzene rings is 1. The van der Waals surface area contributed by atoms with Gasteiger partial charge in [0.2, 0.25) is 5.91 Å². The highest BCUT2D eigenvalue weighted by Crippen LogP contribution is 2.17. The molecule has 0 aliphatic carbocycles. The molecule has 0 fully saturated rings. The average molecular weight is 325 g/mol. The molecule has 0 saturated carbocycles. The zero-order valence-corrected chi connectivity index (χ0v) is 13.9. The number of nitrogens with one attached hydrogen (secondary N) is 1. The molecule has 124 valence electrons. The van der Waals surface area contributed by atoms with Gasteiger partial charge in [-0.05, 0) is 44.9 Å². The number of hydrogen-bond donors (Lipinski definition) is 1. The van der Waals surface area contributed by atoms with E-state index in [9.17, 15) is 14.9 Å². The summed E-state index contributed by atoms with van der Waals surface area (Å²) in [5, 5.41) is 15.6. The quantitative estimate of drug-likeness (QED) is 0.824. The van der Waals surface area contributed by atoms with Crippen LogP contribution in [0.5, 0.6) is 0 Å². The Hall–Kier alpha value is -2.94. The average Bonchev–Trinajstić information content (AvgIpc) is 2.84. The Bertz CT molecular complexity index is 783. The number of amides is 1. The summed E-state index contributed by atoms with van der Waals surface area (Å²) in [6, 6.07) is 8.98. The summed E-state index contributed by atoms with van der Waals surface area (Å²) in [5.74, 6) is -1.70. The number of nitrogens with zero attached hydrogens (tertiary/aromatic N) is 2. The smallest absolute Gasteiger partial charge is 0.249 e. The van der Waals surface area contributed by atoms with Gasteiger partial charge in [-0.15, -0.1) is 0 Å². The van der Waals surface area contributed by atoms with Gasteiger partial charge in [0.05, 0.1) is 11.8 Å². The van der Waals surface area contributed by atoms with Crippen LogP contribution < -0.4 is 5.32 Å². The second-order valence-electron chi connectivity index (χ2n) is 5.69. The largest absolute Gasteiger partial charge is 0.361 e. The number of nitriles is 1. The maximum Gasteiger partial charge on any atom is 0.249 e. The van der Waals surface area contributed by atoms with Crippen molar-refractivity contribution in [2.45, 2.75) is 33.6 Å². The summed E-state index contributed by atoms with van der Waals surface area (Å²) in [6.45, 7) is 5.46. The molecule has 0 aliphatic heterocycles. The van der Waals surface area contributed by atoms with E-state index in [2.05, 4.69) is 10.5 Å². The molecule has 1 unspecified atom stereocenters. The summed E-state index contributed by atoms with van der Waals surface area (Å²) in [6.07, 6.45) is 0.484. The molecular formula is C18H19N3O3. The van der Waals surface area contributed by atoms with Crippen LogP contribution in [0.15, 0.2) is 28.8 Å². The Balaban J connectivity index is 2.00. The molecule has 2 rings (SSSR count). The first-order chi connectivity index (χ1) is 11.4. The fourth-order valence-electron chi connectivity index (χ4n) is 2.47. The van der Waals surface area contributed by atoms with Crippen LogP contribution in [-0.4, -0.2) is 16.8 Å². The lowest BCUT2D eigenvalue weighted by Gasteiger charge is -2.10. The lowest BCUT2D eigenvalue weighted by atomic mass is 9.97. The normalized spacial score (nSPS) is 11.6. The summed E-state index contributed by atoms with van der Waals surface area (Å²) in [5.41, 5.74) is 3.11. The van der Waals surface area contributed by atoms with Gasteiger partial charge in [0.1, 0.15) is 5.76 Å². The highest BCUT2D eigenvalue weighted by molar-refractivity contribution is 6.09. The van der Waals surface area contributed by atoms with Crippen molar-refractivity contribution >= 4 is 17.4 Å². The first-order valence-electron chi connectivity index (χ1n) is 7.64. The zero-order valence-electron chi connectivity index (χ0n) is 13.9. The highest BCUT2D eigenvalue weighted by Gasteiger charge is 2.26. The Morgan fingerprint density at radius 2 is 2.08 bits per heavy atom. The first-order valence-corrected chi connectivity index (χ1v) is 7.64. The summed E-state index contributed by atoms with van der Waals surface area (Å²) >= 11 is 0. The number of hydrogen-bond acceptors (Lipinski definition) is 5. The van der Waals surface area contributed by atoms with Crippen LogP contribution in [-0.2, 0) is 16.0 Å². The fraction of sp³-hybridized carbons (Fsp3) is 0.333. The van der Waals surface area contributed by atoms with Gasteiger partial charge in [0.25, 0.3) is 0 Å². The summed E-state index contributed by atoms with van der Waals surface area (Å²) in [7, 11) is 0. The van der Waals surface area contributed by atoms with E-state index in [0.29, 0.717) is 17.9 Å². The van der Waals surface area contributed by atoms with E-state index in [1.807, 2.05) is 13.0 Å². The van der Waals surface area contributed by atoms with Gasteiger partial charge in [0, 0.05) is 17.7 Å². The Kier molecular flexibility index (Phi) is 5.48. The minimum absolute atomic E-state index is 0.0857.